The number of nitrogens with zero attached hydrogens (tertiary/aromatic N) is 4. The minimum Gasteiger partial charge on any atom is -0.377 e. The molecule has 2 heterocycles. The summed E-state index contributed by atoms with van der Waals surface area (Å²) in [6.45, 7) is 13.6. The van der Waals surface area contributed by atoms with E-state index in [1.54, 1.807) is 0 Å². The number of aromatic nitrogens is 4. The van der Waals surface area contributed by atoms with Gasteiger partial charge in [0.05, 0.1) is 23.6 Å². The predicted molar refractivity (Wildman–Crippen MR) is 86.2 cm³/mol. The molecule has 0 radical (unpaired) electrons. The molecule has 2 rings (SSSR count). The van der Waals surface area contributed by atoms with Gasteiger partial charge in [-0.2, -0.15) is 10.2 Å². The highest BCUT2D eigenvalue weighted by Crippen LogP contribution is 2.15. The number of rotatable bonds is 7. The van der Waals surface area contributed by atoms with Crippen molar-refractivity contribution in [2.24, 2.45) is 11.8 Å². The fourth-order valence-electron chi connectivity index (χ4n) is 2.37. The van der Waals surface area contributed by atoms with Gasteiger partial charge < -0.3 is 5.32 Å². The Morgan fingerprint density at radius 3 is 2.52 bits per heavy atom. The quantitative estimate of drug-likeness (QED) is 0.850. The lowest BCUT2D eigenvalue weighted by Crippen LogP contribution is -2.12. The maximum absolute atomic E-state index is 4.55. The van der Waals surface area contributed by atoms with E-state index in [0.29, 0.717) is 11.8 Å². The molecule has 21 heavy (non-hydrogen) atoms. The second kappa shape index (κ2) is 6.78. The van der Waals surface area contributed by atoms with Crippen LogP contribution in [-0.2, 0) is 19.6 Å². The summed E-state index contributed by atoms with van der Waals surface area (Å²) in [6, 6.07) is 2.07. The van der Waals surface area contributed by atoms with Gasteiger partial charge in [-0.3, -0.25) is 9.36 Å². The van der Waals surface area contributed by atoms with E-state index in [0.717, 1.165) is 31.0 Å². The maximum atomic E-state index is 4.55. The summed E-state index contributed by atoms with van der Waals surface area (Å²) >= 11 is 0. The molecule has 0 spiro atoms. The topological polar surface area (TPSA) is 47.7 Å². The van der Waals surface area contributed by atoms with E-state index in [2.05, 4.69) is 60.2 Å². The van der Waals surface area contributed by atoms with Crippen LogP contribution >= 0.6 is 0 Å². The Kier molecular flexibility index (Phi) is 5.04. The fraction of sp³-hybridized carbons (Fsp3) is 0.625. The lowest BCUT2D eigenvalue weighted by atomic mass is 10.2. The lowest BCUT2D eigenvalue weighted by molar-refractivity contribution is 0.470. The van der Waals surface area contributed by atoms with Crippen molar-refractivity contribution < 1.29 is 0 Å². The average molecular weight is 289 g/mol. The highest BCUT2D eigenvalue weighted by atomic mass is 15.3. The van der Waals surface area contributed by atoms with E-state index in [1.165, 1.54) is 5.69 Å². The van der Waals surface area contributed by atoms with E-state index in [-0.39, 0.29) is 0 Å². The van der Waals surface area contributed by atoms with Gasteiger partial charge in [-0.15, -0.1) is 0 Å². The smallest absolute Gasteiger partial charge is 0.0825 e. The summed E-state index contributed by atoms with van der Waals surface area (Å²) in [6.07, 6.45) is 3.97. The first-order valence-electron chi connectivity index (χ1n) is 7.74. The monoisotopic (exact) mass is 289 g/mol. The van der Waals surface area contributed by atoms with Gasteiger partial charge in [0.1, 0.15) is 0 Å². The van der Waals surface area contributed by atoms with Crippen LogP contribution in [0.25, 0.3) is 0 Å². The third-order valence-electron chi connectivity index (χ3n) is 3.30. The van der Waals surface area contributed by atoms with Gasteiger partial charge in [0.15, 0.2) is 0 Å². The zero-order valence-corrected chi connectivity index (χ0v) is 13.8. The first-order chi connectivity index (χ1) is 9.95. The Morgan fingerprint density at radius 2 is 1.86 bits per heavy atom. The van der Waals surface area contributed by atoms with Crippen LogP contribution < -0.4 is 5.32 Å². The molecule has 0 bridgehead atoms. The van der Waals surface area contributed by atoms with Gasteiger partial charge in [-0.1, -0.05) is 27.7 Å². The van der Waals surface area contributed by atoms with E-state index < -0.39 is 0 Å². The van der Waals surface area contributed by atoms with Crippen LogP contribution in [0.3, 0.4) is 0 Å². The second-order valence-corrected chi connectivity index (χ2v) is 6.50. The van der Waals surface area contributed by atoms with Gasteiger partial charge in [0, 0.05) is 25.5 Å². The van der Waals surface area contributed by atoms with Gasteiger partial charge >= 0.3 is 0 Å². The van der Waals surface area contributed by atoms with Crippen molar-refractivity contribution >= 4 is 5.69 Å². The van der Waals surface area contributed by atoms with Crippen molar-refractivity contribution in [3.05, 3.63) is 29.8 Å². The molecule has 0 amide bonds. The molecular weight excluding hydrogens is 262 g/mol. The van der Waals surface area contributed by atoms with Crippen molar-refractivity contribution in [2.45, 2.75) is 54.3 Å². The molecular formula is C16H27N5. The fourth-order valence-corrected chi connectivity index (χ4v) is 2.37. The van der Waals surface area contributed by atoms with Crippen LogP contribution in [0, 0.1) is 18.8 Å². The van der Waals surface area contributed by atoms with E-state index in [9.17, 15) is 0 Å². The zero-order valence-electron chi connectivity index (χ0n) is 13.8. The summed E-state index contributed by atoms with van der Waals surface area (Å²) in [5.74, 6) is 1.20. The minimum absolute atomic E-state index is 0.596. The Labute approximate surface area is 127 Å². The molecule has 0 aromatic carbocycles. The third-order valence-corrected chi connectivity index (χ3v) is 3.30. The third kappa shape index (κ3) is 4.34. The molecule has 0 aliphatic heterocycles. The van der Waals surface area contributed by atoms with Crippen LogP contribution in [0.1, 0.15) is 39.1 Å². The van der Waals surface area contributed by atoms with Crippen molar-refractivity contribution in [3.8, 4) is 0 Å². The molecule has 0 fully saturated rings. The van der Waals surface area contributed by atoms with Gasteiger partial charge in [-0.05, 0) is 24.8 Å². The molecule has 0 saturated heterocycles. The molecule has 2 aromatic rings. The van der Waals surface area contributed by atoms with Crippen molar-refractivity contribution in [1.82, 2.24) is 19.6 Å². The molecule has 0 aliphatic carbocycles. The molecule has 0 unspecified atom stereocenters. The van der Waals surface area contributed by atoms with Crippen LogP contribution in [0.15, 0.2) is 18.5 Å². The van der Waals surface area contributed by atoms with Gasteiger partial charge in [0.25, 0.3) is 0 Å². The number of nitrogens with one attached hydrogen (secondary N) is 1. The molecule has 2 aromatic heterocycles. The maximum Gasteiger partial charge on any atom is 0.0825 e. The van der Waals surface area contributed by atoms with E-state index >= 15 is 0 Å². The molecule has 0 atom stereocenters. The van der Waals surface area contributed by atoms with Crippen LogP contribution in [0.2, 0.25) is 0 Å². The largest absolute Gasteiger partial charge is 0.377 e. The summed E-state index contributed by atoms with van der Waals surface area (Å²) in [7, 11) is 0. The summed E-state index contributed by atoms with van der Waals surface area (Å²) in [5, 5.41) is 12.4. The average Bonchev–Trinajstić information content (AvgIpc) is 2.92. The Hall–Kier alpha value is -1.78. The molecule has 1 N–H and O–H groups in total. The zero-order chi connectivity index (χ0) is 15.4. The van der Waals surface area contributed by atoms with Crippen molar-refractivity contribution in [1.29, 1.82) is 0 Å². The predicted octanol–water partition coefficient (Wildman–Crippen LogP) is 3.31. The molecule has 5 heteroatoms. The van der Waals surface area contributed by atoms with Gasteiger partial charge in [0.2, 0.25) is 0 Å². The standard InChI is InChI=1S/C16H27N5/c1-12(2)9-20-11-16(14(5)19-20)17-8-15-6-7-18-21(15)10-13(3)4/h6-7,11-13,17H,8-10H2,1-5H3. The van der Waals surface area contributed by atoms with Crippen molar-refractivity contribution in [2.75, 3.05) is 5.32 Å². The lowest BCUT2D eigenvalue weighted by Gasteiger charge is -2.11. The highest BCUT2D eigenvalue weighted by Gasteiger charge is 2.08. The first kappa shape index (κ1) is 15.6. The molecule has 116 valence electrons. The second-order valence-electron chi connectivity index (χ2n) is 6.50. The highest BCUT2D eigenvalue weighted by molar-refractivity contribution is 5.45. The van der Waals surface area contributed by atoms with Crippen LogP contribution in [-0.4, -0.2) is 19.6 Å². The Morgan fingerprint density at radius 1 is 1.14 bits per heavy atom. The molecule has 5 nitrogen and oxygen atoms in total. The summed E-state index contributed by atoms with van der Waals surface area (Å²) < 4.78 is 4.10. The molecule has 0 aliphatic rings. The number of aryl methyl sites for hydroxylation is 1. The normalized spacial score (nSPS) is 11.6. The summed E-state index contributed by atoms with van der Waals surface area (Å²) in [5.41, 5.74) is 3.36. The number of hydrogen-bond acceptors (Lipinski definition) is 3. The van der Waals surface area contributed by atoms with E-state index in [4.69, 9.17) is 0 Å². The van der Waals surface area contributed by atoms with Crippen molar-refractivity contribution in [3.63, 3.8) is 0 Å². The first-order valence-corrected chi connectivity index (χ1v) is 7.74. The van der Waals surface area contributed by atoms with Gasteiger partial charge in [-0.25, -0.2) is 0 Å². The number of hydrogen-bond donors (Lipinski definition) is 1. The Bertz CT molecular complexity index is 565. The molecule has 0 saturated carbocycles. The SMILES string of the molecule is Cc1nn(CC(C)C)cc1NCc1ccnn1CC(C)C. The number of anilines is 1. The minimum atomic E-state index is 0.596. The summed E-state index contributed by atoms with van der Waals surface area (Å²) in [4.78, 5) is 0. The van der Waals surface area contributed by atoms with E-state index in [1.807, 2.05) is 17.8 Å². The van der Waals surface area contributed by atoms with Crippen LogP contribution in [0.4, 0.5) is 5.69 Å². The Balaban J connectivity index is 2.00. The van der Waals surface area contributed by atoms with Crippen LogP contribution in [0.5, 0.6) is 0 Å².